The molecule has 14 heavy (non-hydrogen) atoms. The van der Waals surface area contributed by atoms with Crippen molar-refractivity contribution in [1.29, 1.82) is 0 Å². The van der Waals surface area contributed by atoms with Crippen molar-refractivity contribution in [2.75, 3.05) is 23.8 Å². The van der Waals surface area contributed by atoms with E-state index >= 15 is 0 Å². The summed E-state index contributed by atoms with van der Waals surface area (Å²) in [4.78, 5) is 17.4. The first-order valence-electron chi connectivity index (χ1n) is 4.75. The van der Waals surface area contributed by atoms with Crippen LogP contribution in [0, 0.1) is 0 Å². The Labute approximate surface area is 82.9 Å². The number of hydrogen-bond acceptors (Lipinski definition) is 3. The molecule has 0 radical (unpaired) electrons. The Kier molecular flexibility index (Phi) is 2.35. The molecule has 4 heteroatoms. The maximum absolute atomic E-state index is 11.4. The predicted molar refractivity (Wildman–Crippen MR) is 55.4 cm³/mol. The Balaban J connectivity index is 2.20. The van der Waals surface area contributed by atoms with Crippen LogP contribution in [0.15, 0.2) is 18.3 Å². The second-order valence-electron chi connectivity index (χ2n) is 3.30. The van der Waals surface area contributed by atoms with Crippen LogP contribution < -0.4 is 10.2 Å². The van der Waals surface area contributed by atoms with Gasteiger partial charge in [-0.2, -0.15) is 0 Å². The smallest absolute Gasteiger partial charge is 0.228 e. The molecule has 0 saturated carbocycles. The van der Waals surface area contributed by atoms with Crippen LogP contribution in [0.3, 0.4) is 0 Å². The number of nitrogens with zero attached hydrogens (tertiary/aromatic N) is 2. The molecule has 1 aliphatic heterocycles. The average Bonchev–Trinajstić information content (AvgIpc) is 2.65. The van der Waals surface area contributed by atoms with Crippen molar-refractivity contribution in [2.24, 2.45) is 0 Å². The zero-order chi connectivity index (χ0) is 9.97. The van der Waals surface area contributed by atoms with Crippen molar-refractivity contribution in [2.45, 2.75) is 12.8 Å². The van der Waals surface area contributed by atoms with Gasteiger partial charge in [-0.3, -0.25) is 9.69 Å². The number of carbonyl (C=O) groups is 1. The average molecular weight is 191 g/mol. The van der Waals surface area contributed by atoms with Gasteiger partial charge in [0.25, 0.3) is 0 Å². The first-order valence-corrected chi connectivity index (χ1v) is 4.75. The largest absolute Gasteiger partial charge is 0.387 e. The lowest BCUT2D eigenvalue weighted by atomic mass is 10.4. The lowest BCUT2D eigenvalue weighted by molar-refractivity contribution is -0.117. The summed E-state index contributed by atoms with van der Waals surface area (Å²) in [6, 6.07) is 3.79. The van der Waals surface area contributed by atoms with Crippen LogP contribution in [-0.2, 0) is 4.79 Å². The van der Waals surface area contributed by atoms with Gasteiger partial charge in [-0.25, -0.2) is 4.98 Å². The molecule has 0 aliphatic carbocycles. The van der Waals surface area contributed by atoms with Gasteiger partial charge < -0.3 is 5.32 Å². The monoisotopic (exact) mass is 191 g/mol. The minimum atomic E-state index is 0.176. The Morgan fingerprint density at radius 2 is 2.36 bits per heavy atom. The van der Waals surface area contributed by atoms with E-state index in [2.05, 4.69) is 10.3 Å². The Bertz CT molecular complexity index is 334. The molecular formula is C10H13N3O. The van der Waals surface area contributed by atoms with Gasteiger partial charge in [0.15, 0.2) is 0 Å². The molecule has 2 heterocycles. The van der Waals surface area contributed by atoms with Gasteiger partial charge >= 0.3 is 0 Å². The molecule has 1 aliphatic rings. The van der Waals surface area contributed by atoms with E-state index < -0.39 is 0 Å². The van der Waals surface area contributed by atoms with Crippen molar-refractivity contribution in [3.8, 4) is 0 Å². The third-order valence-electron chi connectivity index (χ3n) is 2.39. The van der Waals surface area contributed by atoms with Gasteiger partial charge in [-0.1, -0.05) is 0 Å². The predicted octanol–water partition coefficient (Wildman–Crippen LogP) is 1.25. The van der Waals surface area contributed by atoms with Gasteiger partial charge in [0.1, 0.15) is 5.82 Å². The second kappa shape index (κ2) is 3.65. The van der Waals surface area contributed by atoms with Crippen LogP contribution >= 0.6 is 0 Å². The topological polar surface area (TPSA) is 45.2 Å². The highest BCUT2D eigenvalue weighted by Crippen LogP contribution is 2.19. The van der Waals surface area contributed by atoms with Crippen molar-refractivity contribution >= 4 is 17.4 Å². The van der Waals surface area contributed by atoms with Crippen LogP contribution in [0.1, 0.15) is 12.8 Å². The lowest BCUT2D eigenvalue weighted by Gasteiger charge is -2.14. The summed E-state index contributed by atoms with van der Waals surface area (Å²) in [5, 5.41) is 2.99. The molecular weight excluding hydrogens is 178 g/mol. The summed E-state index contributed by atoms with van der Waals surface area (Å²) >= 11 is 0. The minimum Gasteiger partial charge on any atom is -0.387 e. The fraction of sp³-hybridized carbons (Fsp3) is 0.400. The SMILES string of the molecule is CNc1ccc(N2CCCC2=O)nc1. The summed E-state index contributed by atoms with van der Waals surface area (Å²) < 4.78 is 0. The Morgan fingerprint density at radius 3 is 2.86 bits per heavy atom. The van der Waals surface area contributed by atoms with Crippen LogP contribution in [0.25, 0.3) is 0 Å². The van der Waals surface area contributed by atoms with Gasteiger partial charge in [-0.15, -0.1) is 0 Å². The molecule has 0 atom stereocenters. The summed E-state index contributed by atoms with van der Waals surface area (Å²) in [7, 11) is 1.84. The standard InChI is InChI=1S/C10H13N3O/c1-11-8-4-5-9(12-7-8)13-6-2-3-10(13)14/h4-5,7,11H,2-3,6H2,1H3. The number of anilines is 2. The molecule has 2 rings (SSSR count). The van der Waals surface area contributed by atoms with Crippen molar-refractivity contribution in [3.05, 3.63) is 18.3 Å². The van der Waals surface area contributed by atoms with Crippen molar-refractivity contribution in [3.63, 3.8) is 0 Å². The van der Waals surface area contributed by atoms with E-state index in [4.69, 9.17) is 0 Å². The molecule has 0 aromatic carbocycles. The van der Waals surface area contributed by atoms with E-state index in [-0.39, 0.29) is 5.91 Å². The van der Waals surface area contributed by atoms with Crippen molar-refractivity contribution in [1.82, 2.24) is 4.98 Å². The summed E-state index contributed by atoms with van der Waals surface area (Å²) in [6.45, 7) is 0.796. The maximum atomic E-state index is 11.4. The van der Waals surface area contributed by atoms with E-state index in [1.54, 1.807) is 11.1 Å². The fourth-order valence-corrected chi connectivity index (χ4v) is 1.58. The highest BCUT2D eigenvalue weighted by atomic mass is 16.2. The number of rotatable bonds is 2. The normalized spacial score (nSPS) is 16.1. The number of pyridine rings is 1. The third kappa shape index (κ3) is 1.55. The number of carbonyl (C=O) groups excluding carboxylic acids is 1. The van der Waals surface area contributed by atoms with Crippen LogP contribution in [0.5, 0.6) is 0 Å². The van der Waals surface area contributed by atoms with E-state index in [0.29, 0.717) is 6.42 Å². The van der Waals surface area contributed by atoms with E-state index in [0.717, 1.165) is 24.5 Å². The van der Waals surface area contributed by atoms with Gasteiger partial charge in [-0.05, 0) is 18.6 Å². The molecule has 74 valence electrons. The Morgan fingerprint density at radius 1 is 1.50 bits per heavy atom. The summed E-state index contributed by atoms with van der Waals surface area (Å²) in [5.41, 5.74) is 0.959. The lowest BCUT2D eigenvalue weighted by Crippen LogP contribution is -2.24. The fourth-order valence-electron chi connectivity index (χ4n) is 1.58. The minimum absolute atomic E-state index is 0.176. The second-order valence-corrected chi connectivity index (χ2v) is 3.30. The van der Waals surface area contributed by atoms with Gasteiger partial charge in [0, 0.05) is 20.0 Å². The zero-order valence-corrected chi connectivity index (χ0v) is 8.16. The molecule has 1 N–H and O–H groups in total. The first-order chi connectivity index (χ1) is 6.81. The molecule has 1 saturated heterocycles. The molecule has 1 aromatic rings. The van der Waals surface area contributed by atoms with Crippen LogP contribution in [0.2, 0.25) is 0 Å². The van der Waals surface area contributed by atoms with E-state index in [1.165, 1.54) is 0 Å². The molecule has 4 nitrogen and oxygen atoms in total. The molecule has 1 amide bonds. The highest BCUT2D eigenvalue weighted by Gasteiger charge is 2.22. The summed E-state index contributed by atoms with van der Waals surface area (Å²) in [5.74, 6) is 0.932. The number of amides is 1. The number of aromatic nitrogens is 1. The molecule has 1 fully saturated rings. The van der Waals surface area contributed by atoms with Crippen LogP contribution in [0.4, 0.5) is 11.5 Å². The summed E-state index contributed by atoms with van der Waals surface area (Å²) in [6.07, 6.45) is 3.32. The molecule has 1 aromatic heterocycles. The molecule has 0 bridgehead atoms. The van der Waals surface area contributed by atoms with Crippen molar-refractivity contribution < 1.29 is 4.79 Å². The number of nitrogens with one attached hydrogen (secondary N) is 1. The zero-order valence-electron chi connectivity index (χ0n) is 8.16. The first kappa shape index (κ1) is 8.99. The van der Waals surface area contributed by atoms with E-state index in [1.807, 2.05) is 19.2 Å². The van der Waals surface area contributed by atoms with Gasteiger partial charge in [0.05, 0.1) is 11.9 Å². The van der Waals surface area contributed by atoms with Gasteiger partial charge in [0.2, 0.25) is 5.91 Å². The Hall–Kier alpha value is -1.58. The molecule has 0 unspecified atom stereocenters. The maximum Gasteiger partial charge on any atom is 0.228 e. The molecule has 0 spiro atoms. The van der Waals surface area contributed by atoms with Crippen LogP contribution in [-0.4, -0.2) is 24.5 Å². The van der Waals surface area contributed by atoms with E-state index in [9.17, 15) is 4.79 Å². The highest BCUT2D eigenvalue weighted by molar-refractivity contribution is 5.94. The third-order valence-corrected chi connectivity index (χ3v) is 2.39. The number of hydrogen-bond donors (Lipinski definition) is 1. The quantitative estimate of drug-likeness (QED) is 0.765.